The number of unbranched alkanes of at least 4 members (excludes halogenated alkanes) is 2. The minimum absolute atomic E-state index is 1.05. The van der Waals surface area contributed by atoms with Gasteiger partial charge in [0, 0.05) is 17.6 Å². The van der Waals surface area contributed by atoms with E-state index in [4.69, 9.17) is 0 Å². The van der Waals surface area contributed by atoms with Crippen molar-refractivity contribution in [3.63, 3.8) is 0 Å². The van der Waals surface area contributed by atoms with E-state index in [9.17, 15) is 0 Å². The lowest BCUT2D eigenvalue weighted by atomic mass is 10.2. The summed E-state index contributed by atoms with van der Waals surface area (Å²) in [5, 5.41) is 1.17. The summed E-state index contributed by atoms with van der Waals surface area (Å²) in [4.78, 5) is 8.01. The fourth-order valence-electron chi connectivity index (χ4n) is 1.46. The van der Waals surface area contributed by atoms with Gasteiger partial charge in [-0.3, -0.25) is 0 Å². The second-order valence-corrected chi connectivity index (χ2v) is 5.11. The Morgan fingerprint density at radius 2 is 2.21 bits per heavy atom. The molecule has 14 heavy (non-hydrogen) atoms. The van der Waals surface area contributed by atoms with Gasteiger partial charge in [0.25, 0.3) is 0 Å². The van der Waals surface area contributed by atoms with Gasteiger partial charge < -0.3 is 4.90 Å². The summed E-state index contributed by atoms with van der Waals surface area (Å²) in [6.45, 7) is 6.55. The van der Waals surface area contributed by atoms with Gasteiger partial charge in [-0.25, -0.2) is 4.98 Å². The highest BCUT2D eigenvalue weighted by Crippen LogP contribution is 2.13. The van der Waals surface area contributed by atoms with E-state index in [-0.39, 0.29) is 0 Å². The van der Waals surface area contributed by atoms with Crippen LogP contribution in [0.1, 0.15) is 36.1 Å². The summed E-state index contributed by atoms with van der Waals surface area (Å²) < 4.78 is 0. The highest BCUT2D eigenvalue weighted by Gasteiger charge is 2.02. The highest BCUT2D eigenvalue weighted by atomic mass is 32.1. The van der Waals surface area contributed by atoms with Crippen LogP contribution in [-0.4, -0.2) is 23.5 Å². The number of aromatic nitrogens is 1. The minimum Gasteiger partial charge on any atom is -0.301 e. The zero-order chi connectivity index (χ0) is 10.4. The SMILES string of the molecule is CCCCCN(C)Cc1cnc(C)s1. The normalized spacial score (nSPS) is 11.1. The van der Waals surface area contributed by atoms with Crippen LogP contribution in [0.4, 0.5) is 0 Å². The first kappa shape index (κ1) is 11.7. The monoisotopic (exact) mass is 212 g/mol. The lowest BCUT2D eigenvalue weighted by Crippen LogP contribution is -2.18. The van der Waals surface area contributed by atoms with Gasteiger partial charge in [0.2, 0.25) is 0 Å². The predicted octanol–water partition coefficient (Wildman–Crippen LogP) is 3.07. The van der Waals surface area contributed by atoms with Crippen LogP contribution in [0.2, 0.25) is 0 Å². The van der Waals surface area contributed by atoms with E-state index >= 15 is 0 Å². The van der Waals surface area contributed by atoms with Crippen LogP contribution in [0.15, 0.2) is 6.20 Å². The molecule has 0 N–H and O–H groups in total. The molecule has 0 atom stereocenters. The number of nitrogens with zero attached hydrogens (tertiary/aromatic N) is 2. The molecule has 0 aliphatic carbocycles. The van der Waals surface area contributed by atoms with E-state index in [1.807, 2.05) is 6.20 Å². The van der Waals surface area contributed by atoms with Gasteiger partial charge in [-0.15, -0.1) is 11.3 Å². The quantitative estimate of drug-likeness (QED) is 0.674. The maximum Gasteiger partial charge on any atom is 0.0897 e. The van der Waals surface area contributed by atoms with Crippen molar-refractivity contribution in [2.24, 2.45) is 0 Å². The van der Waals surface area contributed by atoms with E-state index < -0.39 is 0 Å². The van der Waals surface area contributed by atoms with Crippen molar-refractivity contribution >= 4 is 11.3 Å². The molecule has 0 bridgehead atoms. The van der Waals surface area contributed by atoms with Crippen molar-refractivity contribution in [1.29, 1.82) is 0 Å². The molecule has 0 saturated heterocycles. The fourth-order valence-corrected chi connectivity index (χ4v) is 2.33. The highest BCUT2D eigenvalue weighted by molar-refractivity contribution is 7.11. The Kier molecular flexibility index (Phi) is 5.12. The molecule has 0 aromatic carbocycles. The molecule has 1 rings (SSSR count). The lowest BCUT2D eigenvalue weighted by Gasteiger charge is -2.14. The molecule has 0 saturated carbocycles. The Morgan fingerprint density at radius 1 is 1.43 bits per heavy atom. The fraction of sp³-hybridized carbons (Fsp3) is 0.727. The molecule has 0 radical (unpaired) electrons. The Balaban J connectivity index is 2.23. The van der Waals surface area contributed by atoms with Gasteiger partial charge in [-0.1, -0.05) is 19.8 Å². The van der Waals surface area contributed by atoms with Gasteiger partial charge >= 0.3 is 0 Å². The topological polar surface area (TPSA) is 16.1 Å². The maximum absolute atomic E-state index is 4.26. The van der Waals surface area contributed by atoms with Crippen LogP contribution < -0.4 is 0 Å². The summed E-state index contributed by atoms with van der Waals surface area (Å²) in [6, 6.07) is 0. The maximum atomic E-state index is 4.26. The number of rotatable bonds is 6. The molecule has 3 heteroatoms. The third-order valence-electron chi connectivity index (χ3n) is 2.24. The summed E-state index contributed by atoms with van der Waals surface area (Å²) in [5.41, 5.74) is 0. The van der Waals surface area contributed by atoms with Gasteiger partial charge in [-0.05, 0) is 26.9 Å². The molecule has 0 unspecified atom stereocenters. The Hall–Kier alpha value is -0.410. The van der Waals surface area contributed by atoms with Crippen molar-refractivity contribution in [3.05, 3.63) is 16.1 Å². The molecule has 0 aliphatic heterocycles. The second kappa shape index (κ2) is 6.14. The van der Waals surface area contributed by atoms with Crippen LogP contribution >= 0.6 is 11.3 Å². The molecular formula is C11H20N2S. The van der Waals surface area contributed by atoms with E-state index in [0.29, 0.717) is 0 Å². The second-order valence-electron chi connectivity index (χ2n) is 3.79. The molecule has 0 spiro atoms. The zero-order valence-electron chi connectivity index (χ0n) is 9.42. The molecular weight excluding hydrogens is 192 g/mol. The van der Waals surface area contributed by atoms with Gasteiger partial charge in [-0.2, -0.15) is 0 Å². The van der Waals surface area contributed by atoms with E-state index in [0.717, 1.165) is 6.54 Å². The van der Waals surface area contributed by atoms with E-state index in [1.54, 1.807) is 11.3 Å². The molecule has 0 amide bonds. The third kappa shape index (κ3) is 4.20. The van der Waals surface area contributed by atoms with Crippen LogP contribution in [-0.2, 0) is 6.54 Å². The molecule has 80 valence electrons. The Bertz CT molecular complexity index is 258. The van der Waals surface area contributed by atoms with Crippen molar-refractivity contribution in [2.75, 3.05) is 13.6 Å². The number of aryl methyl sites for hydroxylation is 1. The summed E-state index contributed by atoms with van der Waals surface area (Å²) in [6.07, 6.45) is 5.95. The molecule has 0 fully saturated rings. The average Bonchev–Trinajstić information content (AvgIpc) is 2.52. The Labute approximate surface area is 91.0 Å². The molecule has 1 aromatic heterocycles. The molecule has 0 aliphatic rings. The predicted molar refractivity (Wildman–Crippen MR) is 62.7 cm³/mol. The molecule has 1 heterocycles. The Morgan fingerprint density at radius 3 is 2.79 bits per heavy atom. The third-order valence-corrected chi connectivity index (χ3v) is 3.14. The minimum atomic E-state index is 1.05. The first-order valence-electron chi connectivity index (χ1n) is 5.32. The standard InChI is InChI=1S/C11H20N2S/c1-4-5-6-7-13(3)9-11-8-12-10(2)14-11/h8H,4-7,9H2,1-3H3. The molecule has 1 aromatic rings. The largest absolute Gasteiger partial charge is 0.301 e. The average molecular weight is 212 g/mol. The smallest absolute Gasteiger partial charge is 0.0897 e. The molecule has 2 nitrogen and oxygen atoms in total. The van der Waals surface area contributed by atoms with E-state index in [1.165, 1.54) is 35.7 Å². The number of thiazole rings is 1. The zero-order valence-corrected chi connectivity index (χ0v) is 10.2. The van der Waals surface area contributed by atoms with Gasteiger partial charge in [0.1, 0.15) is 0 Å². The lowest BCUT2D eigenvalue weighted by molar-refractivity contribution is 0.320. The number of hydrogen-bond acceptors (Lipinski definition) is 3. The first-order valence-corrected chi connectivity index (χ1v) is 6.14. The first-order chi connectivity index (χ1) is 6.72. The van der Waals surface area contributed by atoms with Crippen LogP contribution in [0.3, 0.4) is 0 Å². The van der Waals surface area contributed by atoms with Gasteiger partial charge in [0.15, 0.2) is 0 Å². The van der Waals surface area contributed by atoms with Gasteiger partial charge in [0.05, 0.1) is 5.01 Å². The van der Waals surface area contributed by atoms with Crippen LogP contribution in [0.5, 0.6) is 0 Å². The van der Waals surface area contributed by atoms with Crippen molar-refractivity contribution in [2.45, 2.75) is 39.7 Å². The van der Waals surface area contributed by atoms with Crippen molar-refractivity contribution in [3.8, 4) is 0 Å². The van der Waals surface area contributed by atoms with Crippen LogP contribution in [0.25, 0.3) is 0 Å². The summed E-state index contributed by atoms with van der Waals surface area (Å²) in [7, 11) is 2.19. The van der Waals surface area contributed by atoms with Crippen molar-refractivity contribution < 1.29 is 0 Å². The van der Waals surface area contributed by atoms with Crippen LogP contribution in [0, 0.1) is 6.92 Å². The van der Waals surface area contributed by atoms with E-state index in [2.05, 4.69) is 30.8 Å². The summed E-state index contributed by atoms with van der Waals surface area (Å²) >= 11 is 1.80. The summed E-state index contributed by atoms with van der Waals surface area (Å²) in [5.74, 6) is 0. The van der Waals surface area contributed by atoms with Crippen molar-refractivity contribution in [1.82, 2.24) is 9.88 Å². The number of hydrogen-bond donors (Lipinski definition) is 0.